The number of nitrogens with one attached hydrogen (secondary N) is 3. The summed E-state index contributed by atoms with van der Waals surface area (Å²) in [5.74, 6) is 7.92. The monoisotopic (exact) mass is 737 g/mol. The third kappa shape index (κ3) is 7.75. The maximum Gasteiger partial charge on any atom is 0.407 e. The molecule has 3 aliphatic heterocycles. The summed E-state index contributed by atoms with van der Waals surface area (Å²) in [6.45, 7) is 1.95. The van der Waals surface area contributed by atoms with E-state index in [1.54, 1.807) is 11.1 Å². The van der Waals surface area contributed by atoms with Gasteiger partial charge in [-0.15, -0.1) is 0 Å². The molecule has 3 aromatic carbocycles. The number of aromatic nitrogens is 4. The van der Waals surface area contributed by atoms with Crippen LogP contribution in [0.2, 0.25) is 0 Å². The van der Waals surface area contributed by atoms with Gasteiger partial charge in [0.1, 0.15) is 23.8 Å². The van der Waals surface area contributed by atoms with Crippen LogP contribution in [0.25, 0.3) is 22.5 Å². The van der Waals surface area contributed by atoms with Crippen LogP contribution in [0.1, 0.15) is 85.0 Å². The maximum atomic E-state index is 13.8. The lowest BCUT2D eigenvalue weighted by Crippen LogP contribution is -2.42. The van der Waals surface area contributed by atoms with Gasteiger partial charge < -0.3 is 34.6 Å². The molecular formula is C43H43N7O5. The number of imidazole rings is 2. The summed E-state index contributed by atoms with van der Waals surface area (Å²) in [6, 6.07) is 24.0. The second-order valence-electron chi connectivity index (χ2n) is 14.1. The lowest BCUT2D eigenvalue weighted by molar-refractivity contribution is -0.142. The van der Waals surface area contributed by atoms with Gasteiger partial charge in [-0.25, -0.2) is 14.8 Å². The Labute approximate surface area is 319 Å². The molecule has 0 spiro atoms. The Hall–Kier alpha value is -6.19. The van der Waals surface area contributed by atoms with Gasteiger partial charge in [0.15, 0.2) is 0 Å². The number of benzene rings is 3. The zero-order valence-electron chi connectivity index (χ0n) is 30.7. The number of hydrogen-bond donors (Lipinski definition) is 3. The molecule has 5 heterocycles. The summed E-state index contributed by atoms with van der Waals surface area (Å²) in [5, 5.41) is 2.71. The second-order valence-corrected chi connectivity index (χ2v) is 14.1. The van der Waals surface area contributed by atoms with Crippen molar-refractivity contribution in [1.82, 2.24) is 35.1 Å². The minimum Gasteiger partial charge on any atom is -0.453 e. The van der Waals surface area contributed by atoms with E-state index in [1.165, 1.54) is 7.11 Å². The van der Waals surface area contributed by atoms with E-state index in [4.69, 9.17) is 9.47 Å². The zero-order valence-corrected chi connectivity index (χ0v) is 30.7. The summed E-state index contributed by atoms with van der Waals surface area (Å²) in [5.41, 5.74) is 6.15. The highest BCUT2D eigenvalue weighted by Gasteiger charge is 2.38. The molecule has 3 aliphatic rings. The van der Waals surface area contributed by atoms with Gasteiger partial charge in [0, 0.05) is 30.8 Å². The number of rotatable bonds is 8. The van der Waals surface area contributed by atoms with Crippen LogP contribution in [-0.4, -0.2) is 80.6 Å². The minimum atomic E-state index is -0.871. The molecule has 55 heavy (non-hydrogen) atoms. The van der Waals surface area contributed by atoms with Crippen molar-refractivity contribution in [1.29, 1.82) is 0 Å². The number of amides is 3. The first kappa shape index (κ1) is 35.8. The molecule has 280 valence electrons. The molecule has 12 heteroatoms. The van der Waals surface area contributed by atoms with Crippen LogP contribution in [0.4, 0.5) is 4.79 Å². The van der Waals surface area contributed by atoms with Gasteiger partial charge >= 0.3 is 6.09 Å². The lowest BCUT2D eigenvalue weighted by atomic mass is 10.1. The first-order valence-electron chi connectivity index (χ1n) is 18.9. The van der Waals surface area contributed by atoms with Crippen LogP contribution in [0.5, 0.6) is 0 Å². The van der Waals surface area contributed by atoms with Gasteiger partial charge in [-0.2, -0.15) is 0 Å². The number of hydrogen-bond acceptors (Lipinski definition) is 7. The van der Waals surface area contributed by atoms with Gasteiger partial charge in [-0.05, 0) is 79.5 Å². The summed E-state index contributed by atoms with van der Waals surface area (Å²) in [4.78, 5) is 59.0. The van der Waals surface area contributed by atoms with Crippen molar-refractivity contribution in [2.24, 2.45) is 0 Å². The van der Waals surface area contributed by atoms with Crippen LogP contribution in [0, 0.1) is 11.8 Å². The van der Waals surface area contributed by atoms with Crippen molar-refractivity contribution in [3.05, 3.63) is 120 Å². The minimum absolute atomic E-state index is 0.0536. The van der Waals surface area contributed by atoms with E-state index < -0.39 is 12.1 Å². The first-order chi connectivity index (χ1) is 26.9. The summed E-state index contributed by atoms with van der Waals surface area (Å²) < 4.78 is 10.5. The van der Waals surface area contributed by atoms with Crippen LogP contribution < -0.4 is 5.32 Å². The Balaban J connectivity index is 0.901. The van der Waals surface area contributed by atoms with Gasteiger partial charge in [-0.1, -0.05) is 66.4 Å². The van der Waals surface area contributed by atoms with Crippen molar-refractivity contribution < 1.29 is 23.9 Å². The largest absolute Gasteiger partial charge is 0.453 e. The van der Waals surface area contributed by atoms with Crippen molar-refractivity contribution >= 4 is 17.9 Å². The third-order valence-electron chi connectivity index (χ3n) is 10.7. The number of likely N-dealkylation sites (tertiary alicyclic amines) is 2. The molecule has 0 bridgehead atoms. The molecule has 1 unspecified atom stereocenters. The van der Waals surface area contributed by atoms with Crippen LogP contribution >= 0.6 is 0 Å². The number of nitrogens with zero attached hydrogens (tertiary/aromatic N) is 4. The van der Waals surface area contributed by atoms with E-state index >= 15 is 0 Å². The van der Waals surface area contributed by atoms with Crippen LogP contribution in [0.15, 0.2) is 91.3 Å². The third-order valence-corrected chi connectivity index (χ3v) is 10.7. The Bertz CT molecular complexity index is 2200. The van der Waals surface area contributed by atoms with Crippen LogP contribution in [0.3, 0.4) is 0 Å². The van der Waals surface area contributed by atoms with E-state index in [2.05, 4.69) is 37.1 Å². The molecule has 3 fully saturated rings. The van der Waals surface area contributed by atoms with Gasteiger partial charge in [0.25, 0.3) is 11.8 Å². The molecule has 2 aromatic heterocycles. The molecule has 0 saturated carbocycles. The van der Waals surface area contributed by atoms with Gasteiger partial charge in [0.05, 0.1) is 43.0 Å². The van der Waals surface area contributed by atoms with Crippen molar-refractivity contribution in [3.8, 4) is 34.4 Å². The molecule has 0 aliphatic carbocycles. The Morgan fingerprint density at radius 2 is 1.33 bits per heavy atom. The van der Waals surface area contributed by atoms with E-state index in [0.29, 0.717) is 24.5 Å². The molecule has 8 rings (SSSR count). The molecule has 3 N–H and O–H groups in total. The summed E-state index contributed by atoms with van der Waals surface area (Å²) in [7, 11) is 1.28. The molecule has 5 aromatic rings. The SMILES string of the molecule is COC(=O)N[C@@H](C(=O)N1CCCC1c1ncc(-c2ccc(C#Cc3ccc(-c4cnc([C@@H]5CCCN5C(=O)[C@@H]5CCCO5)[nH]4)cc3)cc2)[nH]1)c1ccccc1. The molecular weight excluding hydrogens is 695 g/mol. The van der Waals surface area contributed by atoms with E-state index in [0.717, 1.165) is 84.5 Å². The van der Waals surface area contributed by atoms with Crippen molar-refractivity contribution in [2.75, 3.05) is 26.8 Å². The average Bonchev–Trinajstić information content (AvgIpc) is 4.09. The number of carbonyl (C=O) groups excluding carboxylic acids is 3. The standard InChI is InChI=1S/C43H43N7O5/c1-54-43(53)48-38(32-8-3-2-4-9-32)42(52)50-24-6-11-36(50)40-45-27-34(47-40)31-21-17-29(18-22-31)14-13-28-15-19-30(20-16-28)33-26-44-39(46-33)35-10-5-23-49(35)41(51)37-12-7-25-55-37/h2-4,8-9,15-22,26-27,35-38H,5-7,10-12,23-25H2,1H3,(H,44,46)(H,45,47)(H,48,53)/t35-,36?,37-,38+/m0/s1. The van der Waals surface area contributed by atoms with Gasteiger partial charge in [0.2, 0.25) is 0 Å². The summed E-state index contributed by atoms with van der Waals surface area (Å²) in [6.07, 6.45) is 7.80. The Morgan fingerprint density at radius 3 is 1.87 bits per heavy atom. The molecule has 0 radical (unpaired) electrons. The smallest absolute Gasteiger partial charge is 0.407 e. The van der Waals surface area contributed by atoms with E-state index in [9.17, 15) is 14.4 Å². The van der Waals surface area contributed by atoms with Gasteiger partial charge in [-0.3, -0.25) is 9.59 Å². The predicted octanol–water partition coefficient (Wildman–Crippen LogP) is 6.47. The fourth-order valence-corrected chi connectivity index (χ4v) is 7.78. The fraction of sp³-hybridized carbons (Fsp3) is 0.326. The van der Waals surface area contributed by atoms with Crippen LogP contribution in [-0.2, 0) is 19.1 Å². The first-order valence-corrected chi connectivity index (χ1v) is 18.9. The lowest BCUT2D eigenvalue weighted by Gasteiger charge is -2.28. The number of aromatic amines is 2. The second kappa shape index (κ2) is 16.0. The van der Waals surface area contributed by atoms with E-state index in [1.807, 2.05) is 90.0 Å². The molecule has 3 saturated heterocycles. The highest BCUT2D eigenvalue weighted by atomic mass is 16.5. The normalized spacial score (nSPS) is 19.8. The van der Waals surface area contributed by atoms with E-state index in [-0.39, 0.29) is 30.0 Å². The summed E-state index contributed by atoms with van der Waals surface area (Å²) >= 11 is 0. The molecule has 4 atom stereocenters. The average molecular weight is 738 g/mol. The Kier molecular flexibility index (Phi) is 10.4. The number of alkyl carbamates (subject to hydrolysis) is 1. The number of H-pyrrole nitrogens is 2. The number of methoxy groups -OCH3 is 1. The highest BCUT2D eigenvalue weighted by Crippen LogP contribution is 2.35. The Morgan fingerprint density at radius 1 is 0.764 bits per heavy atom. The molecule has 3 amide bonds. The predicted molar refractivity (Wildman–Crippen MR) is 205 cm³/mol. The quantitative estimate of drug-likeness (QED) is 0.155. The van der Waals surface area contributed by atoms with Crippen molar-refractivity contribution in [3.63, 3.8) is 0 Å². The topological polar surface area (TPSA) is 146 Å². The number of carbonyl (C=O) groups is 3. The maximum absolute atomic E-state index is 13.8. The molecule has 12 nitrogen and oxygen atoms in total. The highest BCUT2D eigenvalue weighted by molar-refractivity contribution is 5.87. The fourth-order valence-electron chi connectivity index (χ4n) is 7.78. The zero-order chi connectivity index (χ0) is 37.7. The van der Waals surface area contributed by atoms with Crippen molar-refractivity contribution in [2.45, 2.75) is 62.8 Å². The number of ether oxygens (including phenoxy) is 2.